The predicted octanol–water partition coefficient (Wildman–Crippen LogP) is 3.95. The number of nitrogens with one attached hydrogen (secondary N) is 1. The Labute approximate surface area is 155 Å². The van der Waals surface area contributed by atoms with E-state index in [1.807, 2.05) is 51.1 Å². The molecule has 0 spiro atoms. The van der Waals surface area contributed by atoms with E-state index in [-0.39, 0.29) is 5.97 Å². The van der Waals surface area contributed by atoms with E-state index in [1.54, 1.807) is 26.4 Å². The van der Waals surface area contributed by atoms with Crippen molar-refractivity contribution in [2.24, 2.45) is 0 Å². The van der Waals surface area contributed by atoms with Crippen LogP contribution in [0.2, 0.25) is 0 Å². The van der Waals surface area contributed by atoms with Crippen LogP contribution in [0.1, 0.15) is 42.3 Å². The van der Waals surface area contributed by atoms with Gasteiger partial charge in [-0.25, -0.2) is 4.79 Å². The number of ether oxygens (including phenoxy) is 3. The zero-order valence-electron chi connectivity index (χ0n) is 16.1. The molecule has 5 nitrogen and oxygen atoms in total. The highest BCUT2D eigenvalue weighted by molar-refractivity contribution is 5.89. The molecule has 0 amide bonds. The predicted molar refractivity (Wildman–Crippen MR) is 102 cm³/mol. The van der Waals surface area contributed by atoms with Gasteiger partial charge in [-0.1, -0.05) is 18.2 Å². The molecule has 0 radical (unpaired) electrons. The lowest BCUT2D eigenvalue weighted by Gasteiger charge is -2.19. The average molecular weight is 357 g/mol. The minimum Gasteiger partial charge on any atom is -0.497 e. The molecule has 0 aliphatic heterocycles. The summed E-state index contributed by atoms with van der Waals surface area (Å²) >= 11 is 0. The van der Waals surface area contributed by atoms with Gasteiger partial charge in [0.2, 0.25) is 0 Å². The minimum absolute atomic E-state index is 0.306. The van der Waals surface area contributed by atoms with Gasteiger partial charge in [0, 0.05) is 24.7 Å². The number of benzene rings is 2. The van der Waals surface area contributed by atoms with E-state index in [0.717, 1.165) is 22.6 Å². The van der Waals surface area contributed by atoms with Gasteiger partial charge in [0.1, 0.15) is 17.1 Å². The Bertz CT molecular complexity index is 733. The van der Waals surface area contributed by atoms with E-state index >= 15 is 0 Å². The van der Waals surface area contributed by atoms with Crippen LogP contribution in [0.4, 0.5) is 0 Å². The van der Waals surface area contributed by atoms with Gasteiger partial charge in [0.15, 0.2) is 0 Å². The summed E-state index contributed by atoms with van der Waals surface area (Å²) in [5, 5.41) is 3.38. The molecule has 1 N–H and O–H groups in total. The van der Waals surface area contributed by atoms with Crippen LogP contribution < -0.4 is 14.8 Å². The summed E-state index contributed by atoms with van der Waals surface area (Å²) < 4.78 is 16.0. The van der Waals surface area contributed by atoms with Crippen LogP contribution in [0.5, 0.6) is 11.5 Å². The van der Waals surface area contributed by atoms with Crippen molar-refractivity contribution in [3.63, 3.8) is 0 Å². The zero-order valence-corrected chi connectivity index (χ0v) is 16.1. The largest absolute Gasteiger partial charge is 0.497 e. The molecule has 0 heterocycles. The first-order valence-corrected chi connectivity index (χ1v) is 8.56. The van der Waals surface area contributed by atoms with Gasteiger partial charge in [-0.2, -0.15) is 0 Å². The summed E-state index contributed by atoms with van der Waals surface area (Å²) in [5.41, 5.74) is 2.21. The van der Waals surface area contributed by atoms with Crippen LogP contribution in [0.15, 0.2) is 42.5 Å². The topological polar surface area (TPSA) is 56.8 Å². The van der Waals surface area contributed by atoms with Gasteiger partial charge >= 0.3 is 5.97 Å². The zero-order chi connectivity index (χ0) is 19.2. The number of hydrogen-bond donors (Lipinski definition) is 1. The number of carbonyl (C=O) groups is 1. The summed E-state index contributed by atoms with van der Waals surface area (Å²) in [5.74, 6) is 1.25. The van der Waals surface area contributed by atoms with Gasteiger partial charge < -0.3 is 19.5 Å². The average Bonchev–Trinajstić information content (AvgIpc) is 2.61. The molecular weight excluding hydrogens is 330 g/mol. The Morgan fingerprint density at radius 2 is 1.65 bits per heavy atom. The highest BCUT2D eigenvalue weighted by Crippen LogP contribution is 2.24. The number of rotatable bonds is 7. The first-order chi connectivity index (χ1) is 12.3. The molecule has 2 aromatic carbocycles. The van der Waals surface area contributed by atoms with Gasteiger partial charge in [0.05, 0.1) is 19.8 Å². The normalized spacial score (nSPS) is 11.1. The summed E-state index contributed by atoms with van der Waals surface area (Å²) in [6, 6.07) is 13.2. The molecule has 0 bridgehead atoms. The molecule has 0 saturated heterocycles. The van der Waals surface area contributed by atoms with Crippen molar-refractivity contribution in [2.75, 3.05) is 14.2 Å². The van der Waals surface area contributed by atoms with Gasteiger partial charge in [-0.15, -0.1) is 0 Å². The van der Waals surface area contributed by atoms with Gasteiger partial charge in [-0.3, -0.25) is 0 Å². The monoisotopic (exact) mass is 357 g/mol. The minimum atomic E-state index is -0.491. The molecular formula is C21H27NO4. The highest BCUT2D eigenvalue weighted by Gasteiger charge is 2.17. The van der Waals surface area contributed by atoms with Gasteiger partial charge in [-0.05, 0) is 44.5 Å². The third kappa shape index (κ3) is 5.77. The van der Waals surface area contributed by atoms with Crippen molar-refractivity contribution >= 4 is 5.97 Å². The molecule has 0 unspecified atom stereocenters. The lowest BCUT2D eigenvalue weighted by molar-refractivity contribution is 0.00695. The second kappa shape index (κ2) is 8.72. The molecule has 2 aromatic rings. The Balaban J connectivity index is 1.91. The molecule has 26 heavy (non-hydrogen) atoms. The van der Waals surface area contributed by atoms with Crippen molar-refractivity contribution in [1.82, 2.24) is 5.32 Å². The summed E-state index contributed by atoms with van der Waals surface area (Å²) in [6.45, 7) is 6.93. The molecule has 140 valence electrons. The maximum Gasteiger partial charge on any atom is 0.338 e. The van der Waals surface area contributed by atoms with E-state index < -0.39 is 5.60 Å². The second-order valence-corrected chi connectivity index (χ2v) is 6.98. The van der Waals surface area contributed by atoms with Gasteiger partial charge in [0.25, 0.3) is 0 Å². The first kappa shape index (κ1) is 19.8. The Kier molecular flexibility index (Phi) is 6.64. The lowest BCUT2D eigenvalue weighted by Crippen LogP contribution is -2.23. The third-order valence-corrected chi connectivity index (χ3v) is 3.73. The molecule has 0 aliphatic carbocycles. The van der Waals surface area contributed by atoms with Crippen molar-refractivity contribution < 1.29 is 19.0 Å². The molecule has 0 atom stereocenters. The summed E-state index contributed by atoms with van der Waals surface area (Å²) in [4.78, 5) is 12.0. The highest BCUT2D eigenvalue weighted by atomic mass is 16.6. The standard InChI is InChI=1S/C21H27NO4/c1-21(2,3)26-20(23)16-8-6-15(7-9-16)13-22-14-17-10-11-18(24-4)12-19(17)25-5/h6-12,22H,13-14H2,1-5H3. The maximum atomic E-state index is 12.0. The smallest absolute Gasteiger partial charge is 0.338 e. The summed E-state index contributed by atoms with van der Waals surface area (Å²) in [6.07, 6.45) is 0. The van der Waals surface area contributed by atoms with E-state index in [4.69, 9.17) is 14.2 Å². The van der Waals surface area contributed by atoms with E-state index in [0.29, 0.717) is 18.7 Å². The molecule has 0 aromatic heterocycles. The van der Waals surface area contributed by atoms with Crippen molar-refractivity contribution in [3.8, 4) is 11.5 Å². The summed E-state index contributed by atoms with van der Waals surface area (Å²) in [7, 11) is 3.28. The molecule has 0 aliphatic rings. The Morgan fingerprint density at radius 3 is 2.23 bits per heavy atom. The van der Waals surface area contributed by atoms with Crippen LogP contribution >= 0.6 is 0 Å². The quantitative estimate of drug-likeness (QED) is 0.761. The SMILES string of the molecule is COc1ccc(CNCc2ccc(C(=O)OC(C)(C)C)cc2)c(OC)c1. The van der Waals surface area contributed by atoms with Crippen LogP contribution in [-0.2, 0) is 17.8 Å². The number of esters is 1. The first-order valence-electron chi connectivity index (χ1n) is 8.56. The molecule has 0 fully saturated rings. The lowest BCUT2D eigenvalue weighted by atomic mass is 10.1. The molecule has 5 heteroatoms. The number of carbonyl (C=O) groups excluding carboxylic acids is 1. The fraction of sp³-hybridized carbons (Fsp3) is 0.381. The fourth-order valence-electron chi connectivity index (χ4n) is 2.44. The van der Waals surface area contributed by atoms with Crippen molar-refractivity contribution in [2.45, 2.75) is 39.5 Å². The third-order valence-electron chi connectivity index (χ3n) is 3.73. The van der Waals surface area contributed by atoms with E-state index in [9.17, 15) is 4.79 Å². The van der Waals surface area contributed by atoms with Crippen LogP contribution in [0.25, 0.3) is 0 Å². The van der Waals surface area contributed by atoms with E-state index in [1.165, 1.54) is 0 Å². The van der Waals surface area contributed by atoms with Crippen LogP contribution in [0, 0.1) is 0 Å². The number of hydrogen-bond acceptors (Lipinski definition) is 5. The Hall–Kier alpha value is -2.53. The number of methoxy groups -OCH3 is 2. The second-order valence-electron chi connectivity index (χ2n) is 6.98. The van der Waals surface area contributed by atoms with Crippen LogP contribution in [-0.4, -0.2) is 25.8 Å². The Morgan fingerprint density at radius 1 is 0.962 bits per heavy atom. The fourth-order valence-corrected chi connectivity index (χ4v) is 2.44. The molecule has 2 rings (SSSR count). The van der Waals surface area contributed by atoms with Crippen molar-refractivity contribution in [1.29, 1.82) is 0 Å². The van der Waals surface area contributed by atoms with Crippen LogP contribution in [0.3, 0.4) is 0 Å². The molecule has 0 saturated carbocycles. The maximum absolute atomic E-state index is 12.0. The van der Waals surface area contributed by atoms with E-state index in [2.05, 4.69) is 5.32 Å². The van der Waals surface area contributed by atoms with Crippen molar-refractivity contribution in [3.05, 3.63) is 59.2 Å².